The molecule has 10 nitrogen and oxygen atoms in total. The number of carbonyl (C=O) groups excluding carboxylic acids is 2. The Morgan fingerprint density at radius 2 is 1.92 bits per heavy atom. The first kappa shape index (κ1) is 25.3. The van der Waals surface area contributed by atoms with Gasteiger partial charge in [-0.3, -0.25) is 9.36 Å². The lowest BCUT2D eigenvalue weighted by molar-refractivity contribution is -0.117. The molecule has 2 aliphatic rings. The maximum Gasteiger partial charge on any atom is 0.410 e. The topological polar surface area (TPSA) is 96.7 Å². The van der Waals surface area contributed by atoms with Crippen molar-refractivity contribution in [2.45, 2.75) is 58.6 Å². The van der Waals surface area contributed by atoms with E-state index in [1.54, 1.807) is 28.1 Å². The van der Waals surface area contributed by atoms with E-state index < -0.39 is 11.1 Å². The van der Waals surface area contributed by atoms with E-state index in [0.29, 0.717) is 54.9 Å². The van der Waals surface area contributed by atoms with Gasteiger partial charge in [0.05, 0.1) is 16.6 Å². The Labute approximate surface area is 221 Å². The molecule has 0 aromatic carbocycles. The molecule has 0 atom stereocenters. The molecule has 0 radical (unpaired) electrons. The van der Waals surface area contributed by atoms with E-state index in [2.05, 4.69) is 28.7 Å². The molecule has 3 aromatic heterocycles. The van der Waals surface area contributed by atoms with E-state index in [4.69, 9.17) is 21.3 Å². The van der Waals surface area contributed by atoms with Crippen LogP contribution in [0, 0.1) is 0 Å². The van der Waals surface area contributed by atoms with E-state index in [1.165, 1.54) is 6.33 Å². The highest BCUT2D eigenvalue weighted by atomic mass is 35.5. The SMILES string of the molecule is CC(C)(C)OC(=O)N1CCN(c2ncnc3c2c(N2CCCC2=O)cn3-c2cc(Cl)ccn2)C(C)(C)C1. The van der Waals surface area contributed by atoms with Crippen molar-refractivity contribution >= 4 is 46.1 Å². The number of fused-ring (bicyclic) bond motifs is 1. The minimum absolute atomic E-state index is 0.0712. The number of piperazine rings is 1. The third-order valence-corrected chi connectivity index (χ3v) is 6.91. The quantitative estimate of drug-likeness (QED) is 0.499. The lowest BCUT2D eigenvalue weighted by Gasteiger charge is -2.47. The molecule has 2 amide bonds. The van der Waals surface area contributed by atoms with Crippen LogP contribution in [0.15, 0.2) is 30.9 Å². The van der Waals surface area contributed by atoms with Gasteiger partial charge in [-0.2, -0.15) is 0 Å². The minimum atomic E-state index is -0.564. The number of amides is 2. The molecular formula is C26H32ClN7O3. The molecule has 2 saturated heterocycles. The number of pyridine rings is 1. The van der Waals surface area contributed by atoms with Crippen LogP contribution in [-0.2, 0) is 9.53 Å². The average Bonchev–Trinajstić information content (AvgIpc) is 3.40. The zero-order valence-corrected chi connectivity index (χ0v) is 22.6. The first-order valence-corrected chi connectivity index (χ1v) is 12.9. The molecule has 0 aliphatic carbocycles. The number of carbonyl (C=O) groups is 2. The van der Waals surface area contributed by atoms with Crippen LogP contribution < -0.4 is 9.80 Å². The summed E-state index contributed by atoms with van der Waals surface area (Å²) < 4.78 is 7.48. The Balaban J connectivity index is 1.59. The van der Waals surface area contributed by atoms with Crippen LogP contribution in [0.25, 0.3) is 16.9 Å². The Morgan fingerprint density at radius 1 is 1.14 bits per heavy atom. The van der Waals surface area contributed by atoms with Crippen LogP contribution >= 0.6 is 11.6 Å². The van der Waals surface area contributed by atoms with Crippen molar-refractivity contribution in [2.75, 3.05) is 36.0 Å². The fourth-order valence-electron chi connectivity index (χ4n) is 5.07. The monoisotopic (exact) mass is 525 g/mol. The highest BCUT2D eigenvalue weighted by Gasteiger charge is 2.40. The van der Waals surface area contributed by atoms with Gasteiger partial charge in [0.1, 0.15) is 23.6 Å². The van der Waals surface area contributed by atoms with E-state index in [0.717, 1.165) is 17.5 Å². The summed E-state index contributed by atoms with van der Waals surface area (Å²) in [5.41, 5.74) is 0.366. The van der Waals surface area contributed by atoms with Crippen LogP contribution in [-0.4, -0.2) is 73.7 Å². The number of halogens is 1. The van der Waals surface area contributed by atoms with Crippen LogP contribution in [0.3, 0.4) is 0 Å². The standard InChI is InChI=1S/C26H32ClN7O3/c1-25(2,3)37-24(36)31-11-12-34(26(4,5)15-31)23-21-18(32-10-6-7-20(32)35)14-33(22(21)29-16-30-23)19-13-17(27)8-9-28-19/h8-9,13-14,16H,6-7,10-12,15H2,1-5H3. The van der Waals surface area contributed by atoms with Gasteiger partial charge >= 0.3 is 6.09 Å². The maximum atomic E-state index is 12.8. The number of rotatable bonds is 3. The van der Waals surface area contributed by atoms with Crippen LogP contribution in [0.2, 0.25) is 5.02 Å². The average molecular weight is 526 g/mol. The predicted octanol–water partition coefficient (Wildman–Crippen LogP) is 4.43. The third-order valence-electron chi connectivity index (χ3n) is 6.67. The lowest BCUT2D eigenvalue weighted by atomic mass is 9.98. The summed E-state index contributed by atoms with van der Waals surface area (Å²) >= 11 is 6.27. The van der Waals surface area contributed by atoms with Gasteiger partial charge < -0.3 is 19.4 Å². The second kappa shape index (κ2) is 9.16. The van der Waals surface area contributed by atoms with Crippen molar-refractivity contribution in [3.8, 4) is 5.82 Å². The summed E-state index contributed by atoms with van der Waals surface area (Å²) in [4.78, 5) is 45.2. The lowest BCUT2D eigenvalue weighted by Crippen LogP contribution is -2.61. The van der Waals surface area contributed by atoms with Gasteiger partial charge in [0.25, 0.3) is 0 Å². The van der Waals surface area contributed by atoms with Crippen molar-refractivity contribution < 1.29 is 14.3 Å². The van der Waals surface area contributed by atoms with Crippen molar-refractivity contribution in [2.24, 2.45) is 0 Å². The van der Waals surface area contributed by atoms with Gasteiger partial charge in [0, 0.05) is 56.1 Å². The summed E-state index contributed by atoms with van der Waals surface area (Å²) in [5.74, 6) is 1.39. The molecular weight excluding hydrogens is 494 g/mol. The molecule has 0 spiro atoms. The van der Waals surface area contributed by atoms with Crippen molar-refractivity contribution in [3.63, 3.8) is 0 Å². The Hall–Kier alpha value is -3.40. The van der Waals surface area contributed by atoms with Crippen molar-refractivity contribution in [1.82, 2.24) is 24.4 Å². The molecule has 5 heterocycles. The summed E-state index contributed by atoms with van der Waals surface area (Å²) in [6.45, 7) is 11.9. The summed E-state index contributed by atoms with van der Waals surface area (Å²) in [6.07, 6.45) is 6.05. The summed E-state index contributed by atoms with van der Waals surface area (Å²) in [7, 11) is 0. The van der Waals surface area contributed by atoms with E-state index in [9.17, 15) is 9.59 Å². The van der Waals surface area contributed by atoms with Gasteiger partial charge in [-0.1, -0.05) is 11.6 Å². The van der Waals surface area contributed by atoms with Crippen LogP contribution in [0.5, 0.6) is 0 Å². The van der Waals surface area contributed by atoms with Crippen molar-refractivity contribution in [3.05, 3.63) is 35.9 Å². The highest BCUT2D eigenvalue weighted by Crippen LogP contribution is 2.40. The fraction of sp³-hybridized carbons (Fsp3) is 0.500. The molecule has 3 aromatic rings. The first-order valence-electron chi connectivity index (χ1n) is 12.5. The Kier molecular flexibility index (Phi) is 6.26. The number of anilines is 2. The number of aromatic nitrogens is 4. The van der Waals surface area contributed by atoms with Crippen molar-refractivity contribution in [1.29, 1.82) is 0 Å². The highest BCUT2D eigenvalue weighted by molar-refractivity contribution is 6.30. The molecule has 0 bridgehead atoms. The summed E-state index contributed by atoms with van der Waals surface area (Å²) in [5, 5.41) is 1.33. The number of hydrogen-bond donors (Lipinski definition) is 0. The van der Waals surface area contributed by atoms with Gasteiger partial charge in [0.2, 0.25) is 5.91 Å². The van der Waals surface area contributed by atoms with Gasteiger partial charge in [-0.05, 0) is 47.1 Å². The molecule has 2 fully saturated rings. The number of hydrogen-bond acceptors (Lipinski definition) is 7. The molecule has 2 aliphatic heterocycles. The second-order valence-corrected chi connectivity index (χ2v) is 11.6. The predicted molar refractivity (Wildman–Crippen MR) is 142 cm³/mol. The van der Waals surface area contributed by atoms with Gasteiger partial charge in [-0.15, -0.1) is 0 Å². The second-order valence-electron chi connectivity index (χ2n) is 11.1. The van der Waals surface area contributed by atoms with E-state index >= 15 is 0 Å². The van der Waals surface area contributed by atoms with Crippen LogP contribution in [0.4, 0.5) is 16.3 Å². The molecule has 5 rings (SSSR count). The zero-order chi connectivity index (χ0) is 26.5. The van der Waals surface area contributed by atoms with Gasteiger partial charge in [-0.25, -0.2) is 19.7 Å². The number of ether oxygens (including phenoxy) is 1. The molecule has 196 valence electrons. The first-order chi connectivity index (χ1) is 17.4. The van der Waals surface area contributed by atoms with Gasteiger partial charge in [0.15, 0.2) is 5.65 Å². The normalized spacial score (nSPS) is 18.1. The smallest absolute Gasteiger partial charge is 0.410 e. The van der Waals surface area contributed by atoms with E-state index in [1.807, 2.05) is 31.5 Å². The summed E-state index contributed by atoms with van der Waals surface area (Å²) in [6, 6.07) is 3.48. The third kappa shape index (κ3) is 4.82. The molecule has 0 N–H and O–H groups in total. The minimum Gasteiger partial charge on any atom is -0.444 e. The number of nitrogens with zero attached hydrogens (tertiary/aromatic N) is 7. The maximum absolute atomic E-state index is 12.8. The molecule has 0 unspecified atom stereocenters. The Bertz CT molecular complexity index is 1360. The zero-order valence-electron chi connectivity index (χ0n) is 21.9. The fourth-order valence-corrected chi connectivity index (χ4v) is 5.22. The Morgan fingerprint density at radius 3 is 2.57 bits per heavy atom. The molecule has 0 saturated carbocycles. The van der Waals surface area contributed by atoms with Crippen LogP contribution in [0.1, 0.15) is 47.5 Å². The van der Waals surface area contributed by atoms with E-state index in [-0.39, 0.29) is 12.0 Å². The molecule has 11 heteroatoms. The largest absolute Gasteiger partial charge is 0.444 e. The molecule has 37 heavy (non-hydrogen) atoms.